The second kappa shape index (κ2) is 7.19. The van der Waals surface area contributed by atoms with Crippen LogP contribution in [0, 0.1) is 16.7 Å². The largest absolute Gasteiger partial charge is 0.380 e. The van der Waals surface area contributed by atoms with Crippen LogP contribution >= 0.6 is 0 Å². The molecule has 23 heavy (non-hydrogen) atoms. The predicted octanol–water partition coefficient (Wildman–Crippen LogP) is 4.13. The minimum Gasteiger partial charge on any atom is -0.380 e. The molecule has 1 saturated carbocycles. The fourth-order valence-electron chi connectivity index (χ4n) is 3.41. The predicted molar refractivity (Wildman–Crippen MR) is 92.9 cm³/mol. The van der Waals surface area contributed by atoms with Crippen LogP contribution in [0.25, 0.3) is 0 Å². The number of nitriles is 1. The van der Waals surface area contributed by atoms with Gasteiger partial charge in [-0.1, -0.05) is 55.7 Å². The summed E-state index contributed by atoms with van der Waals surface area (Å²) >= 11 is 0. The highest BCUT2D eigenvalue weighted by Crippen LogP contribution is 2.42. The zero-order chi connectivity index (χ0) is 16.0. The van der Waals surface area contributed by atoms with E-state index in [9.17, 15) is 5.26 Å². The average Bonchev–Trinajstić information content (AvgIpc) is 2.87. The number of benzene rings is 1. The van der Waals surface area contributed by atoms with Gasteiger partial charge in [0.1, 0.15) is 0 Å². The van der Waals surface area contributed by atoms with Crippen LogP contribution in [0.1, 0.15) is 37.7 Å². The molecule has 1 fully saturated rings. The molecule has 0 saturated heterocycles. The van der Waals surface area contributed by atoms with E-state index >= 15 is 0 Å². The first-order chi connectivity index (χ1) is 11.3. The first kappa shape index (κ1) is 15.4. The fourth-order valence-corrected chi connectivity index (χ4v) is 3.41. The van der Waals surface area contributed by atoms with Gasteiger partial charge in [-0.3, -0.25) is 0 Å². The second-order valence-electron chi connectivity index (χ2n) is 6.24. The number of rotatable bonds is 4. The molecule has 3 nitrogen and oxygen atoms in total. The Labute approximate surface area is 138 Å². The maximum absolute atomic E-state index is 9.89. The minimum absolute atomic E-state index is 0.393. The van der Waals surface area contributed by atoms with Gasteiger partial charge >= 0.3 is 0 Å². The van der Waals surface area contributed by atoms with Crippen molar-refractivity contribution in [1.29, 1.82) is 5.26 Å². The van der Waals surface area contributed by atoms with Crippen LogP contribution in [-0.4, -0.2) is 0 Å². The first-order valence-corrected chi connectivity index (χ1v) is 8.38. The van der Waals surface area contributed by atoms with Crippen LogP contribution < -0.4 is 10.6 Å². The number of hydrogen-bond acceptors (Lipinski definition) is 3. The van der Waals surface area contributed by atoms with Crippen molar-refractivity contribution in [2.45, 2.75) is 38.6 Å². The van der Waals surface area contributed by atoms with Crippen molar-refractivity contribution in [3.05, 3.63) is 71.7 Å². The van der Waals surface area contributed by atoms with E-state index < -0.39 is 5.41 Å². The minimum atomic E-state index is -0.393. The van der Waals surface area contributed by atoms with Crippen LogP contribution in [0.15, 0.2) is 66.2 Å². The van der Waals surface area contributed by atoms with Crippen LogP contribution in [0.5, 0.6) is 0 Å². The van der Waals surface area contributed by atoms with Crippen molar-refractivity contribution >= 4 is 0 Å². The quantitative estimate of drug-likeness (QED) is 0.879. The van der Waals surface area contributed by atoms with Gasteiger partial charge in [0, 0.05) is 12.7 Å². The van der Waals surface area contributed by atoms with Crippen molar-refractivity contribution in [2.75, 3.05) is 0 Å². The van der Waals surface area contributed by atoms with E-state index in [-0.39, 0.29) is 0 Å². The van der Waals surface area contributed by atoms with Gasteiger partial charge in [0.05, 0.1) is 22.9 Å². The molecular formula is C20H23N3. The molecule has 0 unspecified atom stereocenters. The molecule has 0 atom stereocenters. The van der Waals surface area contributed by atoms with Crippen LogP contribution in [0.2, 0.25) is 0 Å². The summed E-state index contributed by atoms with van der Waals surface area (Å²) in [7, 11) is 0. The zero-order valence-corrected chi connectivity index (χ0v) is 13.4. The third kappa shape index (κ3) is 3.48. The smallest absolute Gasteiger partial charge is 0.0991 e. The molecule has 0 spiro atoms. The van der Waals surface area contributed by atoms with E-state index in [4.69, 9.17) is 0 Å². The Morgan fingerprint density at radius 3 is 2.61 bits per heavy atom. The van der Waals surface area contributed by atoms with Gasteiger partial charge in [-0.05, 0) is 30.6 Å². The molecule has 118 valence electrons. The van der Waals surface area contributed by atoms with Crippen molar-refractivity contribution < 1.29 is 0 Å². The summed E-state index contributed by atoms with van der Waals surface area (Å²) in [6, 6.07) is 13.0. The Kier molecular flexibility index (Phi) is 4.83. The maximum atomic E-state index is 9.89. The molecule has 1 aromatic rings. The highest BCUT2D eigenvalue weighted by atomic mass is 15.0. The number of nitrogens with zero attached hydrogens (tertiary/aromatic N) is 1. The molecular weight excluding hydrogens is 282 g/mol. The summed E-state index contributed by atoms with van der Waals surface area (Å²) in [6.45, 7) is 0.757. The lowest BCUT2D eigenvalue weighted by Gasteiger charge is -2.34. The van der Waals surface area contributed by atoms with Crippen LogP contribution in [0.3, 0.4) is 0 Å². The van der Waals surface area contributed by atoms with E-state index in [1.54, 1.807) is 0 Å². The lowest BCUT2D eigenvalue weighted by atomic mass is 9.72. The molecule has 1 aromatic carbocycles. The van der Waals surface area contributed by atoms with E-state index in [2.05, 4.69) is 34.9 Å². The van der Waals surface area contributed by atoms with Crippen LogP contribution in [0.4, 0.5) is 0 Å². The molecule has 0 amide bonds. The summed E-state index contributed by atoms with van der Waals surface area (Å²) in [5, 5.41) is 16.8. The van der Waals surface area contributed by atoms with Gasteiger partial charge in [0.2, 0.25) is 0 Å². The average molecular weight is 305 g/mol. The molecule has 0 aromatic heterocycles. The Morgan fingerprint density at radius 1 is 1.09 bits per heavy atom. The molecule has 2 N–H and O–H groups in total. The van der Waals surface area contributed by atoms with Gasteiger partial charge in [-0.2, -0.15) is 5.26 Å². The highest BCUT2D eigenvalue weighted by molar-refractivity contribution is 5.37. The normalized spacial score (nSPS) is 19.6. The van der Waals surface area contributed by atoms with Gasteiger partial charge in [-0.15, -0.1) is 0 Å². The third-order valence-corrected chi connectivity index (χ3v) is 4.69. The molecule has 3 rings (SSSR count). The lowest BCUT2D eigenvalue weighted by molar-refractivity contribution is 0.304. The summed E-state index contributed by atoms with van der Waals surface area (Å²) < 4.78 is 0. The Bertz CT molecular complexity index is 656. The monoisotopic (exact) mass is 305 g/mol. The second-order valence-corrected chi connectivity index (χ2v) is 6.24. The van der Waals surface area contributed by atoms with E-state index in [1.807, 2.05) is 36.6 Å². The number of allylic oxidation sites excluding steroid dienone is 4. The van der Waals surface area contributed by atoms with Crippen molar-refractivity contribution in [3.8, 4) is 6.07 Å². The number of nitrogens with one attached hydrogen (secondary N) is 2. The summed E-state index contributed by atoms with van der Waals surface area (Å²) in [6.07, 6.45) is 13.3. The van der Waals surface area contributed by atoms with E-state index in [1.165, 1.54) is 12.0 Å². The SMILES string of the molecule is N#CC1(C2=C(NCc3ccccc3)C=CC=CN2)CCCCC1. The third-order valence-electron chi connectivity index (χ3n) is 4.69. The van der Waals surface area contributed by atoms with Crippen LogP contribution in [-0.2, 0) is 6.54 Å². The first-order valence-electron chi connectivity index (χ1n) is 8.38. The molecule has 0 bridgehead atoms. The Balaban J connectivity index is 1.88. The van der Waals surface area contributed by atoms with Crippen molar-refractivity contribution in [3.63, 3.8) is 0 Å². The summed E-state index contributed by atoms with van der Waals surface area (Å²) in [5.74, 6) is 0. The summed E-state index contributed by atoms with van der Waals surface area (Å²) in [4.78, 5) is 0. The molecule has 1 heterocycles. The van der Waals surface area contributed by atoms with Crippen molar-refractivity contribution in [2.24, 2.45) is 5.41 Å². The van der Waals surface area contributed by atoms with E-state index in [0.29, 0.717) is 0 Å². The number of hydrogen-bond donors (Lipinski definition) is 2. The highest BCUT2D eigenvalue weighted by Gasteiger charge is 2.37. The van der Waals surface area contributed by atoms with Gasteiger partial charge in [0.15, 0.2) is 0 Å². The van der Waals surface area contributed by atoms with Gasteiger partial charge in [0.25, 0.3) is 0 Å². The van der Waals surface area contributed by atoms with Gasteiger partial charge in [-0.25, -0.2) is 0 Å². The Morgan fingerprint density at radius 2 is 1.87 bits per heavy atom. The molecule has 1 aliphatic heterocycles. The summed E-state index contributed by atoms with van der Waals surface area (Å²) in [5.41, 5.74) is 2.90. The zero-order valence-electron chi connectivity index (χ0n) is 13.4. The molecule has 0 radical (unpaired) electrons. The molecule has 2 aliphatic rings. The maximum Gasteiger partial charge on any atom is 0.0991 e. The standard InChI is InChI=1S/C20H23N3/c21-16-20(12-6-2-7-13-20)19-18(11-5-8-14-22-19)23-15-17-9-3-1-4-10-17/h1,3-5,8-11,14,22-23H,2,6-7,12-13,15H2. The molecule has 1 aliphatic carbocycles. The topological polar surface area (TPSA) is 47.9 Å². The molecule has 3 heteroatoms. The fraction of sp³-hybridized carbons (Fsp3) is 0.350. The van der Waals surface area contributed by atoms with Gasteiger partial charge < -0.3 is 10.6 Å². The van der Waals surface area contributed by atoms with E-state index in [0.717, 1.165) is 43.6 Å². The lowest BCUT2D eigenvalue weighted by Crippen LogP contribution is -2.34. The Hall–Kier alpha value is -2.47. The van der Waals surface area contributed by atoms with Crippen molar-refractivity contribution in [1.82, 2.24) is 10.6 Å².